The number of rotatable bonds is 3. The molecule has 0 radical (unpaired) electrons. The number of aromatic nitrogens is 2. The lowest BCUT2D eigenvalue weighted by Gasteiger charge is -2.18. The Hall–Kier alpha value is -1.70. The molecule has 112 valence electrons. The standard InChI is InChI=1S/C14H17N3O3S/c1-8-14(9(2)16-15-8)21(19,20)17-13-11-6-4-3-5-10(11)7-12(13)18/h3-6,12-13,17-18H,7H2,1-2H3,(H,15,16). The van der Waals surface area contributed by atoms with Gasteiger partial charge in [-0.05, 0) is 25.0 Å². The van der Waals surface area contributed by atoms with E-state index in [1.807, 2.05) is 24.3 Å². The summed E-state index contributed by atoms with van der Waals surface area (Å²) in [5.41, 5.74) is 2.70. The van der Waals surface area contributed by atoms with E-state index in [0.29, 0.717) is 17.8 Å². The van der Waals surface area contributed by atoms with E-state index in [0.717, 1.165) is 11.1 Å². The van der Waals surface area contributed by atoms with Gasteiger partial charge in [-0.15, -0.1) is 0 Å². The van der Waals surface area contributed by atoms with Gasteiger partial charge in [0.25, 0.3) is 0 Å². The normalized spacial score (nSPS) is 21.5. The van der Waals surface area contributed by atoms with E-state index in [2.05, 4.69) is 14.9 Å². The second-order valence-corrected chi connectivity index (χ2v) is 6.98. The van der Waals surface area contributed by atoms with Crippen molar-refractivity contribution in [3.05, 3.63) is 46.8 Å². The highest BCUT2D eigenvalue weighted by Gasteiger charge is 2.35. The fourth-order valence-electron chi connectivity index (χ4n) is 2.88. The highest BCUT2D eigenvalue weighted by Crippen LogP contribution is 2.33. The van der Waals surface area contributed by atoms with Crippen molar-refractivity contribution in [3.63, 3.8) is 0 Å². The Balaban J connectivity index is 1.97. The monoisotopic (exact) mass is 307 g/mol. The summed E-state index contributed by atoms with van der Waals surface area (Å²) < 4.78 is 27.7. The molecule has 21 heavy (non-hydrogen) atoms. The molecule has 7 heteroatoms. The summed E-state index contributed by atoms with van der Waals surface area (Å²) in [7, 11) is -3.74. The van der Waals surface area contributed by atoms with Crippen LogP contribution in [0.3, 0.4) is 0 Å². The third-order valence-electron chi connectivity index (χ3n) is 3.82. The van der Waals surface area contributed by atoms with Crippen LogP contribution in [0.15, 0.2) is 29.2 Å². The van der Waals surface area contributed by atoms with E-state index >= 15 is 0 Å². The second kappa shape index (κ2) is 4.94. The average Bonchev–Trinajstić information content (AvgIpc) is 2.91. The molecule has 1 heterocycles. The van der Waals surface area contributed by atoms with Gasteiger partial charge in [-0.2, -0.15) is 5.10 Å². The number of aliphatic hydroxyl groups is 1. The minimum Gasteiger partial charge on any atom is -0.391 e. The summed E-state index contributed by atoms with van der Waals surface area (Å²) in [5, 5.41) is 16.7. The first-order valence-electron chi connectivity index (χ1n) is 6.70. The number of fused-ring (bicyclic) bond motifs is 1. The zero-order valence-electron chi connectivity index (χ0n) is 11.8. The summed E-state index contributed by atoms with van der Waals surface area (Å²) in [6, 6.07) is 6.84. The number of sulfonamides is 1. The van der Waals surface area contributed by atoms with Crippen LogP contribution in [0.25, 0.3) is 0 Å². The van der Waals surface area contributed by atoms with Gasteiger partial charge in [-0.3, -0.25) is 5.10 Å². The van der Waals surface area contributed by atoms with Gasteiger partial charge in [0.1, 0.15) is 4.90 Å². The number of H-pyrrole nitrogens is 1. The third-order valence-corrected chi connectivity index (χ3v) is 5.52. The number of hydrogen-bond donors (Lipinski definition) is 3. The maximum atomic E-state index is 12.6. The van der Waals surface area contributed by atoms with Gasteiger partial charge >= 0.3 is 0 Å². The number of nitrogens with one attached hydrogen (secondary N) is 2. The number of aryl methyl sites for hydroxylation is 2. The maximum absolute atomic E-state index is 12.6. The van der Waals surface area contributed by atoms with Crippen LogP contribution in [-0.4, -0.2) is 29.8 Å². The molecule has 1 aliphatic carbocycles. The van der Waals surface area contributed by atoms with Gasteiger partial charge in [0.05, 0.1) is 23.5 Å². The molecule has 1 aromatic carbocycles. The van der Waals surface area contributed by atoms with Crippen molar-refractivity contribution in [2.24, 2.45) is 0 Å². The fraction of sp³-hybridized carbons (Fsp3) is 0.357. The zero-order chi connectivity index (χ0) is 15.2. The molecule has 0 fully saturated rings. The molecule has 0 amide bonds. The van der Waals surface area contributed by atoms with Crippen molar-refractivity contribution in [1.29, 1.82) is 0 Å². The predicted molar refractivity (Wildman–Crippen MR) is 77.3 cm³/mol. The molecule has 6 nitrogen and oxygen atoms in total. The van der Waals surface area contributed by atoms with Crippen LogP contribution < -0.4 is 4.72 Å². The van der Waals surface area contributed by atoms with E-state index in [1.54, 1.807) is 13.8 Å². The molecule has 3 N–H and O–H groups in total. The van der Waals surface area contributed by atoms with Crippen molar-refractivity contribution >= 4 is 10.0 Å². The van der Waals surface area contributed by atoms with Gasteiger partial charge < -0.3 is 5.11 Å². The molecule has 2 unspecified atom stereocenters. The Kier molecular flexibility index (Phi) is 3.35. The lowest BCUT2D eigenvalue weighted by molar-refractivity contribution is 0.151. The molecule has 3 rings (SSSR count). The van der Waals surface area contributed by atoms with Gasteiger partial charge in [-0.25, -0.2) is 13.1 Å². The Morgan fingerprint density at radius 2 is 2.05 bits per heavy atom. The lowest BCUT2D eigenvalue weighted by atomic mass is 10.1. The van der Waals surface area contributed by atoms with Crippen LogP contribution in [0.2, 0.25) is 0 Å². The Morgan fingerprint density at radius 1 is 1.33 bits per heavy atom. The molecule has 1 aromatic heterocycles. The van der Waals surface area contributed by atoms with Gasteiger partial charge in [0.2, 0.25) is 10.0 Å². The number of nitrogens with zero attached hydrogens (tertiary/aromatic N) is 1. The molecule has 2 atom stereocenters. The van der Waals surface area contributed by atoms with Crippen LogP contribution in [-0.2, 0) is 16.4 Å². The molecule has 0 saturated heterocycles. The summed E-state index contributed by atoms with van der Waals surface area (Å²) in [6.45, 7) is 3.30. The molecular formula is C14H17N3O3S. The Labute approximate surface area is 123 Å². The quantitative estimate of drug-likeness (QED) is 0.787. The average molecular weight is 307 g/mol. The van der Waals surface area contributed by atoms with Crippen LogP contribution >= 0.6 is 0 Å². The number of aliphatic hydroxyl groups excluding tert-OH is 1. The van der Waals surface area contributed by atoms with E-state index in [4.69, 9.17) is 0 Å². The number of aromatic amines is 1. The topological polar surface area (TPSA) is 95.1 Å². The van der Waals surface area contributed by atoms with E-state index < -0.39 is 22.2 Å². The third kappa shape index (κ3) is 2.37. The van der Waals surface area contributed by atoms with Gasteiger partial charge in [-0.1, -0.05) is 24.3 Å². The van der Waals surface area contributed by atoms with Crippen molar-refractivity contribution in [2.45, 2.75) is 37.3 Å². The van der Waals surface area contributed by atoms with Crippen LogP contribution in [0.1, 0.15) is 28.6 Å². The second-order valence-electron chi connectivity index (χ2n) is 5.33. The minimum atomic E-state index is -3.74. The first-order valence-corrected chi connectivity index (χ1v) is 8.18. The minimum absolute atomic E-state index is 0.152. The van der Waals surface area contributed by atoms with E-state index in [-0.39, 0.29) is 4.90 Å². The molecule has 0 aliphatic heterocycles. The van der Waals surface area contributed by atoms with Crippen LogP contribution in [0.5, 0.6) is 0 Å². The van der Waals surface area contributed by atoms with Crippen molar-refractivity contribution in [1.82, 2.24) is 14.9 Å². The molecular weight excluding hydrogens is 290 g/mol. The summed E-state index contributed by atoms with van der Waals surface area (Å²) >= 11 is 0. The summed E-state index contributed by atoms with van der Waals surface area (Å²) in [6.07, 6.45) is -0.308. The predicted octanol–water partition coefficient (Wildman–Crippen LogP) is 0.963. The fourth-order valence-corrected chi connectivity index (χ4v) is 4.50. The van der Waals surface area contributed by atoms with Crippen LogP contribution in [0.4, 0.5) is 0 Å². The Bertz CT molecular complexity index is 763. The maximum Gasteiger partial charge on any atom is 0.244 e. The summed E-state index contributed by atoms with van der Waals surface area (Å²) in [4.78, 5) is 0.152. The van der Waals surface area contributed by atoms with Gasteiger partial charge in [0.15, 0.2) is 0 Å². The highest BCUT2D eigenvalue weighted by atomic mass is 32.2. The van der Waals surface area contributed by atoms with Crippen LogP contribution in [0, 0.1) is 13.8 Å². The molecule has 0 saturated carbocycles. The summed E-state index contributed by atoms with van der Waals surface area (Å²) in [5.74, 6) is 0. The number of hydrogen-bond acceptors (Lipinski definition) is 4. The molecule has 0 spiro atoms. The lowest BCUT2D eigenvalue weighted by Crippen LogP contribution is -2.34. The van der Waals surface area contributed by atoms with Gasteiger partial charge in [0, 0.05) is 6.42 Å². The molecule has 2 aromatic rings. The van der Waals surface area contributed by atoms with Crippen molar-refractivity contribution in [2.75, 3.05) is 0 Å². The molecule has 0 bridgehead atoms. The highest BCUT2D eigenvalue weighted by molar-refractivity contribution is 7.89. The first kappa shape index (κ1) is 14.2. The van der Waals surface area contributed by atoms with E-state index in [9.17, 15) is 13.5 Å². The zero-order valence-corrected chi connectivity index (χ0v) is 12.6. The SMILES string of the molecule is Cc1n[nH]c(C)c1S(=O)(=O)NC1c2ccccc2CC1O. The number of benzene rings is 1. The van der Waals surface area contributed by atoms with Crippen molar-refractivity contribution in [3.8, 4) is 0 Å². The Morgan fingerprint density at radius 3 is 2.71 bits per heavy atom. The molecule has 1 aliphatic rings. The smallest absolute Gasteiger partial charge is 0.244 e. The van der Waals surface area contributed by atoms with Crippen molar-refractivity contribution < 1.29 is 13.5 Å². The first-order chi connectivity index (χ1) is 9.90. The largest absolute Gasteiger partial charge is 0.391 e. The van der Waals surface area contributed by atoms with E-state index in [1.165, 1.54) is 0 Å².